The molecule has 0 amide bonds. The first-order valence-corrected chi connectivity index (χ1v) is 9.11. The minimum atomic E-state index is -0.588. The van der Waals surface area contributed by atoms with Gasteiger partial charge in [0.25, 0.3) is 0 Å². The van der Waals surface area contributed by atoms with Crippen LogP contribution in [0.2, 0.25) is 0 Å². The van der Waals surface area contributed by atoms with E-state index in [1.54, 1.807) is 50.4 Å². The fraction of sp³-hybridized carbons (Fsp3) is 0.273. The lowest BCUT2D eigenvalue weighted by atomic mass is 10.1. The van der Waals surface area contributed by atoms with Crippen molar-refractivity contribution in [2.45, 2.75) is 20.0 Å². The van der Waals surface area contributed by atoms with Gasteiger partial charge in [0, 0.05) is 5.39 Å². The average Bonchev–Trinajstić information content (AvgIpc) is 3.11. The molecule has 3 aromatic rings. The lowest BCUT2D eigenvalue weighted by Gasteiger charge is -2.10. The second kappa shape index (κ2) is 9.14. The Labute approximate surface area is 168 Å². The van der Waals surface area contributed by atoms with Crippen LogP contribution in [-0.4, -0.2) is 32.8 Å². The van der Waals surface area contributed by atoms with Gasteiger partial charge in [0.05, 0.1) is 32.8 Å². The molecule has 0 N–H and O–H groups in total. The number of benzene rings is 2. The van der Waals surface area contributed by atoms with E-state index in [0.29, 0.717) is 28.0 Å². The summed E-state index contributed by atoms with van der Waals surface area (Å²) in [6.07, 6.45) is 0.0465. The molecular weight excluding hydrogens is 376 g/mol. The third-order valence-electron chi connectivity index (χ3n) is 4.33. The predicted octanol–water partition coefficient (Wildman–Crippen LogP) is 3.91. The van der Waals surface area contributed by atoms with Gasteiger partial charge in [0.1, 0.15) is 12.2 Å². The highest BCUT2D eigenvalue weighted by Crippen LogP contribution is 2.29. The molecule has 152 valence electrons. The second-order valence-corrected chi connectivity index (χ2v) is 6.15. The lowest BCUT2D eigenvalue weighted by molar-refractivity contribution is -0.144. The summed E-state index contributed by atoms with van der Waals surface area (Å²) in [6, 6.07) is 12.4. The van der Waals surface area contributed by atoms with Crippen LogP contribution in [0.25, 0.3) is 11.0 Å². The van der Waals surface area contributed by atoms with E-state index in [2.05, 4.69) is 0 Å². The summed E-state index contributed by atoms with van der Waals surface area (Å²) in [5.74, 6) is 0.121. The Morgan fingerprint density at radius 3 is 2.45 bits per heavy atom. The van der Waals surface area contributed by atoms with Crippen LogP contribution in [0, 0.1) is 0 Å². The van der Waals surface area contributed by atoms with Gasteiger partial charge in [-0.15, -0.1) is 0 Å². The third-order valence-corrected chi connectivity index (χ3v) is 4.33. The van der Waals surface area contributed by atoms with Gasteiger partial charge >= 0.3 is 11.9 Å². The number of para-hydroxylation sites is 1. The molecule has 0 saturated heterocycles. The molecule has 0 unspecified atom stereocenters. The van der Waals surface area contributed by atoms with Gasteiger partial charge in [-0.1, -0.05) is 24.3 Å². The monoisotopic (exact) mass is 398 g/mol. The molecule has 2 aromatic carbocycles. The summed E-state index contributed by atoms with van der Waals surface area (Å²) >= 11 is 0. The highest BCUT2D eigenvalue weighted by atomic mass is 16.5. The van der Waals surface area contributed by atoms with E-state index in [1.165, 1.54) is 7.11 Å². The van der Waals surface area contributed by atoms with Gasteiger partial charge in [0.2, 0.25) is 5.76 Å². The van der Waals surface area contributed by atoms with Crippen LogP contribution in [-0.2, 0) is 27.3 Å². The van der Waals surface area contributed by atoms with Crippen LogP contribution in [0.15, 0.2) is 46.9 Å². The van der Waals surface area contributed by atoms with Crippen molar-refractivity contribution in [3.8, 4) is 11.5 Å². The van der Waals surface area contributed by atoms with Gasteiger partial charge in [0.15, 0.2) is 11.5 Å². The highest BCUT2D eigenvalue weighted by Gasteiger charge is 2.22. The largest absolute Gasteiger partial charge is 0.493 e. The zero-order chi connectivity index (χ0) is 20.8. The summed E-state index contributed by atoms with van der Waals surface area (Å²) < 4.78 is 26.5. The first-order valence-electron chi connectivity index (χ1n) is 9.11. The van der Waals surface area contributed by atoms with Crippen LogP contribution < -0.4 is 9.47 Å². The van der Waals surface area contributed by atoms with Gasteiger partial charge in [-0.2, -0.15) is 0 Å². The van der Waals surface area contributed by atoms with Crippen molar-refractivity contribution >= 4 is 22.9 Å². The second-order valence-electron chi connectivity index (χ2n) is 6.15. The number of hydrogen-bond acceptors (Lipinski definition) is 7. The van der Waals surface area contributed by atoms with E-state index in [0.717, 1.165) is 5.56 Å². The van der Waals surface area contributed by atoms with Crippen LogP contribution >= 0.6 is 0 Å². The zero-order valence-corrected chi connectivity index (χ0v) is 16.5. The molecule has 0 bridgehead atoms. The van der Waals surface area contributed by atoms with E-state index in [-0.39, 0.29) is 25.4 Å². The molecule has 0 aliphatic carbocycles. The molecule has 7 heteroatoms. The van der Waals surface area contributed by atoms with Crippen molar-refractivity contribution in [3.05, 3.63) is 59.4 Å². The number of esters is 2. The highest BCUT2D eigenvalue weighted by molar-refractivity contribution is 5.96. The van der Waals surface area contributed by atoms with Gasteiger partial charge in [-0.25, -0.2) is 4.79 Å². The van der Waals surface area contributed by atoms with Gasteiger partial charge < -0.3 is 23.4 Å². The average molecular weight is 398 g/mol. The van der Waals surface area contributed by atoms with Crippen molar-refractivity contribution in [2.24, 2.45) is 0 Å². The first kappa shape index (κ1) is 20.3. The Bertz CT molecular complexity index is 1020. The van der Waals surface area contributed by atoms with Crippen molar-refractivity contribution < 1.29 is 33.0 Å². The third kappa shape index (κ3) is 4.51. The number of fused-ring (bicyclic) bond motifs is 1. The van der Waals surface area contributed by atoms with Gasteiger partial charge in [-0.05, 0) is 30.7 Å². The topological polar surface area (TPSA) is 84.2 Å². The van der Waals surface area contributed by atoms with E-state index < -0.39 is 11.9 Å². The number of hydrogen-bond donors (Lipinski definition) is 0. The Morgan fingerprint density at radius 2 is 1.72 bits per heavy atom. The van der Waals surface area contributed by atoms with E-state index in [1.807, 2.05) is 6.07 Å². The van der Waals surface area contributed by atoms with E-state index in [9.17, 15) is 9.59 Å². The smallest absolute Gasteiger partial charge is 0.374 e. The maximum absolute atomic E-state index is 12.4. The molecule has 0 saturated carbocycles. The molecule has 29 heavy (non-hydrogen) atoms. The molecule has 1 aromatic heterocycles. The predicted molar refractivity (Wildman–Crippen MR) is 105 cm³/mol. The van der Waals surface area contributed by atoms with Crippen LogP contribution in [0.4, 0.5) is 0 Å². The Morgan fingerprint density at radius 1 is 0.966 bits per heavy atom. The molecule has 3 rings (SSSR count). The van der Waals surface area contributed by atoms with Crippen molar-refractivity contribution in [3.63, 3.8) is 0 Å². The molecule has 0 fully saturated rings. The number of carbonyl (C=O) groups excluding carboxylic acids is 2. The molecular formula is C22H22O7. The van der Waals surface area contributed by atoms with Crippen LogP contribution in [0.5, 0.6) is 11.5 Å². The summed E-state index contributed by atoms with van der Waals surface area (Å²) in [5, 5.41) is 0.703. The molecule has 0 aliphatic rings. The quantitative estimate of drug-likeness (QED) is 0.532. The minimum Gasteiger partial charge on any atom is -0.493 e. The maximum Gasteiger partial charge on any atom is 0.374 e. The van der Waals surface area contributed by atoms with E-state index in [4.69, 9.17) is 23.4 Å². The standard InChI is InChI=1S/C22H22O7/c1-4-27-22(24)21-16(15-7-5-6-8-17(15)29-21)13-28-20(23)12-14-9-10-18(25-2)19(11-14)26-3/h5-11H,4,12-13H2,1-3H3. The minimum absolute atomic E-state index is 0.0465. The fourth-order valence-corrected chi connectivity index (χ4v) is 2.96. The number of methoxy groups -OCH3 is 2. The van der Waals surface area contributed by atoms with Crippen molar-refractivity contribution in [1.29, 1.82) is 0 Å². The van der Waals surface area contributed by atoms with E-state index >= 15 is 0 Å². The molecule has 0 radical (unpaired) electrons. The SMILES string of the molecule is CCOC(=O)c1oc2ccccc2c1COC(=O)Cc1ccc(OC)c(OC)c1. The molecule has 0 atom stereocenters. The Kier molecular flexibility index (Phi) is 6.39. The maximum atomic E-state index is 12.4. The van der Waals surface area contributed by atoms with Gasteiger partial charge in [-0.3, -0.25) is 4.79 Å². The summed E-state index contributed by atoms with van der Waals surface area (Å²) in [7, 11) is 3.07. The zero-order valence-electron chi connectivity index (χ0n) is 16.5. The molecule has 7 nitrogen and oxygen atoms in total. The summed E-state index contributed by atoms with van der Waals surface area (Å²) in [4.78, 5) is 24.6. The lowest BCUT2D eigenvalue weighted by Crippen LogP contribution is -2.11. The Balaban J connectivity index is 1.75. The first-order chi connectivity index (χ1) is 14.1. The number of rotatable bonds is 8. The normalized spacial score (nSPS) is 10.6. The Hall–Kier alpha value is -3.48. The molecule has 1 heterocycles. The summed E-state index contributed by atoms with van der Waals surface area (Å²) in [5.41, 5.74) is 1.73. The number of furan rings is 1. The fourth-order valence-electron chi connectivity index (χ4n) is 2.96. The van der Waals surface area contributed by atoms with Crippen LogP contribution in [0.3, 0.4) is 0 Å². The van der Waals surface area contributed by atoms with Crippen molar-refractivity contribution in [1.82, 2.24) is 0 Å². The summed E-state index contributed by atoms with van der Waals surface area (Å²) in [6.45, 7) is 1.83. The van der Waals surface area contributed by atoms with Crippen molar-refractivity contribution in [2.75, 3.05) is 20.8 Å². The number of carbonyl (C=O) groups is 2. The molecule has 0 spiro atoms. The van der Waals surface area contributed by atoms with Crippen LogP contribution in [0.1, 0.15) is 28.6 Å². The molecule has 0 aliphatic heterocycles. The number of ether oxygens (including phenoxy) is 4.